The summed E-state index contributed by atoms with van der Waals surface area (Å²) in [7, 11) is 1.93. The highest BCUT2D eigenvalue weighted by molar-refractivity contribution is 14.0. The summed E-state index contributed by atoms with van der Waals surface area (Å²) in [6, 6.07) is 4.06. The van der Waals surface area contributed by atoms with E-state index >= 15 is 0 Å². The predicted molar refractivity (Wildman–Crippen MR) is 119 cm³/mol. The fourth-order valence-corrected chi connectivity index (χ4v) is 3.27. The first-order valence-corrected chi connectivity index (χ1v) is 9.62. The van der Waals surface area contributed by atoms with Gasteiger partial charge in [-0.2, -0.15) is 0 Å². The van der Waals surface area contributed by atoms with Crippen molar-refractivity contribution in [2.45, 2.75) is 32.4 Å². The summed E-state index contributed by atoms with van der Waals surface area (Å²) >= 11 is 0. The Labute approximate surface area is 186 Å². The molecule has 0 unspecified atom stereocenters. The lowest BCUT2D eigenvalue weighted by atomic mass is 10.2. The number of rotatable bonds is 4. The van der Waals surface area contributed by atoms with E-state index in [0.717, 1.165) is 36.5 Å². The Hall–Kier alpha value is -1.98. The van der Waals surface area contributed by atoms with Crippen LogP contribution in [-0.2, 0) is 13.6 Å². The maximum Gasteiger partial charge on any atom is 0.194 e. The average molecular weight is 517 g/mol. The van der Waals surface area contributed by atoms with Crippen LogP contribution in [0.5, 0.6) is 0 Å². The summed E-state index contributed by atoms with van der Waals surface area (Å²) in [5, 5.41) is 11.7. The largest absolute Gasteiger partial charge is 0.366 e. The third kappa shape index (κ3) is 5.14. The molecule has 1 aromatic heterocycles. The van der Waals surface area contributed by atoms with Crippen LogP contribution in [0.4, 0.5) is 14.5 Å². The first kappa shape index (κ1) is 21.7. The molecule has 29 heavy (non-hydrogen) atoms. The molecule has 4 rings (SSSR count). The molecule has 1 saturated heterocycles. The summed E-state index contributed by atoms with van der Waals surface area (Å²) in [5.41, 5.74) is 0.322. The van der Waals surface area contributed by atoms with E-state index in [9.17, 15) is 8.78 Å². The highest BCUT2D eigenvalue weighted by atomic mass is 127. The van der Waals surface area contributed by atoms with E-state index in [1.807, 2.05) is 23.4 Å². The Morgan fingerprint density at radius 1 is 1.17 bits per heavy atom. The second-order valence-corrected chi connectivity index (χ2v) is 7.35. The number of nitrogens with one attached hydrogen (secondary N) is 1. The second-order valence-electron chi connectivity index (χ2n) is 7.35. The van der Waals surface area contributed by atoms with Gasteiger partial charge in [-0.15, -0.1) is 34.2 Å². The molecule has 2 heterocycles. The van der Waals surface area contributed by atoms with Crippen LogP contribution in [0.25, 0.3) is 0 Å². The molecule has 0 bridgehead atoms. The summed E-state index contributed by atoms with van der Waals surface area (Å²) < 4.78 is 29.5. The molecule has 1 aromatic carbocycles. The van der Waals surface area contributed by atoms with Crippen molar-refractivity contribution in [3.63, 3.8) is 0 Å². The van der Waals surface area contributed by atoms with Gasteiger partial charge in [0, 0.05) is 45.3 Å². The minimum Gasteiger partial charge on any atom is -0.366 e. The summed E-state index contributed by atoms with van der Waals surface area (Å²) in [5.74, 6) is 1.70. The molecule has 1 aliphatic carbocycles. The number of hydrogen-bond acceptors (Lipinski definition) is 4. The van der Waals surface area contributed by atoms with E-state index in [0.29, 0.717) is 44.5 Å². The van der Waals surface area contributed by atoms with Crippen LogP contribution in [0.15, 0.2) is 23.2 Å². The van der Waals surface area contributed by atoms with Crippen LogP contribution >= 0.6 is 24.0 Å². The zero-order valence-electron chi connectivity index (χ0n) is 16.6. The number of aliphatic imine (C=N–C) groups is 1. The molecule has 2 aliphatic rings. The number of hydrogen-bond donors (Lipinski definition) is 1. The Morgan fingerprint density at radius 2 is 1.90 bits per heavy atom. The highest BCUT2D eigenvalue weighted by Crippen LogP contribution is 2.23. The van der Waals surface area contributed by atoms with Crippen molar-refractivity contribution in [1.29, 1.82) is 0 Å². The van der Waals surface area contributed by atoms with E-state index in [1.165, 1.54) is 12.1 Å². The molecule has 1 N–H and O–H groups in total. The number of aryl methyl sites for hydroxylation is 1. The third-order valence-corrected chi connectivity index (χ3v) is 5.29. The molecule has 2 aromatic rings. The minimum absolute atomic E-state index is 0. The van der Waals surface area contributed by atoms with E-state index in [4.69, 9.17) is 4.99 Å². The zero-order chi connectivity index (χ0) is 19.7. The highest BCUT2D eigenvalue weighted by Gasteiger charge is 2.27. The normalized spacial score (nSPS) is 17.3. The van der Waals surface area contributed by atoms with Crippen LogP contribution in [0.3, 0.4) is 0 Å². The van der Waals surface area contributed by atoms with E-state index < -0.39 is 11.6 Å². The molecule has 1 aliphatic heterocycles. The minimum atomic E-state index is -0.421. The summed E-state index contributed by atoms with van der Waals surface area (Å²) in [4.78, 5) is 8.82. The molecule has 1 saturated carbocycles. The van der Waals surface area contributed by atoms with Gasteiger partial charge < -0.3 is 19.7 Å². The lowest BCUT2D eigenvalue weighted by Crippen LogP contribution is -2.53. The van der Waals surface area contributed by atoms with Gasteiger partial charge in [-0.1, -0.05) is 0 Å². The van der Waals surface area contributed by atoms with Gasteiger partial charge in [0.05, 0.1) is 5.69 Å². The molecule has 158 valence electrons. The lowest BCUT2D eigenvalue weighted by molar-refractivity contribution is 0.369. The van der Waals surface area contributed by atoms with Gasteiger partial charge in [0.2, 0.25) is 0 Å². The van der Waals surface area contributed by atoms with Gasteiger partial charge >= 0.3 is 0 Å². The second kappa shape index (κ2) is 9.23. The van der Waals surface area contributed by atoms with Gasteiger partial charge in [-0.25, -0.2) is 13.8 Å². The Balaban J connectivity index is 0.00000240. The Morgan fingerprint density at radius 3 is 2.52 bits per heavy atom. The molecular weight excluding hydrogens is 491 g/mol. The molecule has 7 nitrogen and oxygen atoms in total. The van der Waals surface area contributed by atoms with Gasteiger partial charge in [0.15, 0.2) is 11.8 Å². The number of aromatic nitrogens is 3. The van der Waals surface area contributed by atoms with E-state index in [-0.39, 0.29) is 24.0 Å². The standard InChI is InChI=1S/C19H25F2N7.HI/c1-13-24-25-18(26(13)2)12-22-19(23-15-4-5-15)28-9-7-27(8-10-28)17-11-14(20)3-6-16(17)21;/h3,6,11,15H,4-5,7-10,12H2,1-2H3,(H,22,23);1H. The van der Waals surface area contributed by atoms with E-state index in [1.54, 1.807) is 0 Å². The fourth-order valence-electron chi connectivity index (χ4n) is 3.27. The Bertz CT molecular complexity index is 873. The number of halogens is 3. The van der Waals surface area contributed by atoms with Crippen molar-refractivity contribution in [2.24, 2.45) is 12.0 Å². The molecule has 10 heteroatoms. The van der Waals surface area contributed by atoms with Crippen LogP contribution < -0.4 is 10.2 Å². The number of benzene rings is 1. The van der Waals surface area contributed by atoms with Gasteiger partial charge in [0.1, 0.15) is 24.0 Å². The fraction of sp³-hybridized carbons (Fsp3) is 0.526. The summed E-state index contributed by atoms with van der Waals surface area (Å²) in [6.45, 7) is 4.95. The SMILES string of the molecule is Cc1nnc(CN=C(NC2CC2)N2CCN(c3cc(F)ccc3F)CC2)n1C.I. The zero-order valence-corrected chi connectivity index (χ0v) is 18.9. The monoisotopic (exact) mass is 517 g/mol. The van der Waals surface area contributed by atoms with Gasteiger partial charge in [-0.05, 0) is 31.9 Å². The maximum absolute atomic E-state index is 14.1. The molecule has 2 fully saturated rings. The molecular formula is C19H26F2IN7. The molecule has 0 spiro atoms. The van der Waals surface area contributed by atoms with Crippen LogP contribution in [0.2, 0.25) is 0 Å². The van der Waals surface area contributed by atoms with Crippen molar-refractivity contribution in [1.82, 2.24) is 25.0 Å². The Kier molecular flexibility index (Phi) is 6.91. The third-order valence-electron chi connectivity index (χ3n) is 5.29. The lowest BCUT2D eigenvalue weighted by Gasteiger charge is -2.38. The van der Waals surface area contributed by atoms with Crippen molar-refractivity contribution in [2.75, 3.05) is 31.1 Å². The topological polar surface area (TPSA) is 61.6 Å². The average Bonchev–Trinajstić information content (AvgIpc) is 3.47. The molecule has 0 atom stereocenters. The van der Waals surface area contributed by atoms with Crippen molar-refractivity contribution < 1.29 is 8.78 Å². The predicted octanol–water partition coefficient (Wildman–Crippen LogP) is 2.45. The van der Waals surface area contributed by atoms with Crippen LogP contribution in [0, 0.1) is 18.6 Å². The van der Waals surface area contributed by atoms with Crippen LogP contribution in [-0.4, -0.2) is 57.8 Å². The number of piperazine rings is 1. The number of guanidine groups is 1. The van der Waals surface area contributed by atoms with Crippen molar-refractivity contribution in [3.05, 3.63) is 41.5 Å². The first-order valence-electron chi connectivity index (χ1n) is 9.62. The van der Waals surface area contributed by atoms with Crippen molar-refractivity contribution >= 4 is 35.6 Å². The van der Waals surface area contributed by atoms with E-state index in [2.05, 4.69) is 20.4 Å². The molecule has 0 radical (unpaired) electrons. The van der Waals surface area contributed by atoms with Gasteiger partial charge in [0.25, 0.3) is 0 Å². The first-order chi connectivity index (χ1) is 13.5. The maximum atomic E-state index is 14.1. The smallest absolute Gasteiger partial charge is 0.194 e. The quantitative estimate of drug-likeness (QED) is 0.384. The van der Waals surface area contributed by atoms with Crippen LogP contribution in [0.1, 0.15) is 24.5 Å². The number of nitrogens with zero attached hydrogens (tertiary/aromatic N) is 6. The number of anilines is 1. The summed E-state index contributed by atoms with van der Waals surface area (Å²) in [6.07, 6.45) is 2.30. The molecule has 0 amide bonds. The van der Waals surface area contributed by atoms with Gasteiger partial charge in [-0.3, -0.25) is 0 Å². The van der Waals surface area contributed by atoms with Crippen molar-refractivity contribution in [3.8, 4) is 0 Å².